The average molecular weight is 327 g/mol. The van der Waals surface area contributed by atoms with Gasteiger partial charge >= 0.3 is 0 Å². The normalized spacial score (nSPS) is 30.6. The van der Waals surface area contributed by atoms with Crippen molar-refractivity contribution in [2.45, 2.75) is 37.6 Å². The highest BCUT2D eigenvalue weighted by Crippen LogP contribution is 2.26. The number of aliphatic hydroxyl groups excluding tert-OH is 3. The molecule has 1 amide bonds. The van der Waals surface area contributed by atoms with Crippen LogP contribution in [0.25, 0.3) is 0 Å². The summed E-state index contributed by atoms with van der Waals surface area (Å²) >= 11 is 0. The van der Waals surface area contributed by atoms with E-state index in [1.165, 1.54) is 14.0 Å². The molecule has 8 nitrogen and oxygen atoms in total. The maximum absolute atomic E-state index is 11.3. The van der Waals surface area contributed by atoms with Crippen LogP contribution in [-0.4, -0.2) is 65.6 Å². The molecule has 4 N–H and O–H groups in total. The van der Waals surface area contributed by atoms with Gasteiger partial charge in [-0.15, -0.1) is 0 Å². The lowest BCUT2D eigenvalue weighted by Crippen LogP contribution is -2.65. The van der Waals surface area contributed by atoms with E-state index in [1.54, 1.807) is 24.3 Å². The Morgan fingerprint density at radius 2 is 2.00 bits per heavy atom. The van der Waals surface area contributed by atoms with Crippen LogP contribution in [-0.2, 0) is 9.53 Å². The Bertz CT molecular complexity index is 538. The first kappa shape index (κ1) is 17.5. The predicted molar refractivity (Wildman–Crippen MR) is 79.0 cm³/mol. The highest BCUT2D eigenvalue weighted by molar-refractivity contribution is 5.73. The van der Waals surface area contributed by atoms with Gasteiger partial charge in [-0.1, -0.05) is 6.07 Å². The molecule has 23 heavy (non-hydrogen) atoms. The van der Waals surface area contributed by atoms with Crippen molar-refractivity contribution in [2.75, 3.05) is 13.7 Å². The maximum atomic E-state index is 11.3. The van der Waals surface area contributed by atoms with E-state index in [0.717, 1.165) is 0 Å². The van der Waals surface area contributed by atoms with E-state index < -0.39 is 43.2 Å². The van der Waals surface area contributed by atoms with E-state index in [0.29, 0.717) is 11.5 Å². The predicted octanol–water partition coefficient (Wildman–Crippen LogP) is -0.982. The van der Waals surface area contributed by atoms with Crippen molar-refractivity contribution in [3.05, 3.63) is 24.3 Å². The van der Waals surface area contributed by atoms with Gasteiger partial charge < -0.3 is 34.8 Å². The van der Waals surface area contributed by atoms with Crippen LogP contribution in [0.2, 0.25) is 0 Å². The van der Waals surface area contributed by atoms with Gasteiger partial charge in [0.05, 0.1) is 13.7 Å². The fraction of sp³-hybridized carbons (Fsp3) is 0.533. The van der Waals surface area contributed by atoms with Crippen molar-refractivity contribution in [1.82, 2.24) is 5.32 Å². The van der Waals surface area contributed by atoms with Gasteiger partial charge in [-0.2, -0.15) is 0 Å². The number of ether oxygens (including phenoxy) is 3. The Morgan fingerprint density at radius 3 is 2.61 bits per heavy atom. The first-order valence-electron chi connectivity index (χ1n) is 7.16. The summed E-state index contributed by atoms with van der Waals surface area (Å²) in [7, 11) is 1.51. The molecule has 0 bridgehead atoms. The van der Waals surface area contributed by atoms with Crippen LogP contribution >= 0.6 is 0 Å². The highest BCUT2D eigenvalue weighted by atomic mass is 16.7. The van der Waals surface area contributed by atoms with Crippen molar-refractivity contribution in [3.63, 3.8) is 0 Å². The molecular formula is C15H21NO7. The van der Waals surface area contributed by atoms with Crippen LogP contribution in [0, 0.1) is 0 Å². The number of carbonyl (C=O) groups is 1. The Hall–Kier alpha value is -1.87. The molecule has 8 heteroatoms. The standard InChI is InChI=1S/C15H21NO7/c1-8(18)16-12-14(20)13(19)11(7-17)23-15(12)22-10-5-3-4-9(6-10)21-2/h3-6,11-15,17,19-20H,7H2,1-2H3,(H,16,18)/t11-,12-,13+,14-,15-/m0/s1. The minimum absolute atomic E-state index is 0.394. The molecule has 1 aromatic rings. The Morgan fingerprint density at radius 1 is 1.30 bits per heavy atom. The third-order valence-electron chi connectivity index (χ3n) is 3.54. The smallest absolute Gasteiger partial charge is 0.223 e. The Labute approximate surface area is 133 Å². The van der Waals surface area contributed by atoms with Crippen LogP contribution in [0.3, 0.4) is 0 Å². The lowest BCUT2D eigenvalue weighted by molar-refractivity contribution is -0.244. The van der Waals surface area contributed by atoms with Crippen LogP contribution < -0.4 is 14.8 Å². The first-order valence-corrected chi connectivity index (χ1v) is 7.16. The molecule has 5 atom stereocenters. The third-order valence-corrected chi connectivity index (χ3v) is 3.54. The summed E-state index contributed by atoms with van der Waals surface area (Å²) < 4.78 is 16.2. The fourth-order valence-electron chi connectivity index (χ4n) is 2.38. The maximum Gasteiger partial charge on any atom is 0.223 e. The van der Waals surface area contributed by atoms with E-state index in [9.17, 15) is 20.1 Å². The van der Waals surface area contributed by atoms with E-state index in [-0.39, 0.29) is 0 Å². The summed E-state index contributed by atoms with van der Waals surface area (Å²) in [6, 6.07) is 5.71. The molecule has 1 fully saturated rings. The van der Waals surface area contributed by atoms with E-state index in [4.69, 9.17) is 14.2 Å². The third kappa shape index (κ3) is 4.11. The van der Waals surface area contributed by atoms with Crippen LogP contribution in [0.1, 0.15) is 6.92 Å². The van der Waals surface area contributed by atoms with Crippen molar-refractivity contribution in [2.24, 2.45) is 0 Å². The van der Waals surface area contributed by atoms with Gasteiger partial charge in [0.1, 0.15) is 35.9 Å². The molecule has 2 rings (SSSR count). The number of carbonyl (C=O) groups excluding carboxylic acids is 1. The van der Waals surface area contributed by atoms with Crippen LogP contribution in [0.15, 0.2) is 24.3 Å². The van der Waals surface area contributed by atoms with E-state index >= 15 is 0 Å². The monoisotopic (exact) mass is 327 g/mol. The van der Waals surface area contributed by atoms with Gasteiger partial charge in [0.25, 0.3) is 0 Å². The fourth-order valence-corrected chi connectivity index (χ4v) is 2.38. The molecule has 0 saturated carbocycles. The molecule has 1 aliphatic heterocycles. The molecule has 0 aliphatic carbocycles. The minimum atomic E-state index is -1.35. The van der Waals surface area contributed by atoms with Crippen molar-refractivity contribution >= 4 is 5.91 Å². The lowest BCUT2D eigenvalue weighted by Gasteiger charge is -2.42. The molecular weight excluding hydrogens is 306 g/mol. The van der Waals surface area contributed by atoms with Crippen LogP contribution in [0.4, 0.5) is 0 Å². The van der Waals surface area contributed by atoms with Gasteiger partial charge in [-0.05, 0) is 12.1 Å². The van der Waals surface area contributed by atoms with Crippen LogP contribution in [0.5, 0.6) is 11.5 Å². The van der Waals surface area contributed by atoms with Gasteiger partial charge in [0, 0.05) is 13.0 Å². The highest BCUT2D eigenvalue weighted by Gasteiger charge is 2.46. The first-order chi connectivity index (χ1) is 11.0. The molecule has 1 aromatic carbocycles. The zero-order chi connectivity index (χ0) is 17.0. The number of hydrogen-bond donors (Lipinski definition) is 4. The molecule has 1 heterocycles. The lowest BCUT2D eigenvalue weighted by atomic mass is 9.97. The summed E-state index contributed by atoms with van der Waals surface area (Å²) in [6.45, 7) is 0.781. The minimum Gasteiger partial charge on any atom is -0.497 e. The number of methoxy groups -OCH3 is 1. The van der Waals surface area contributed by atoms with Gasteiger partial charge in [0.2, 0.25) is 12.2 Å². The SMILES string of the molecule is COc1cccc(O[C@H]2O[C@@H](CO)[C@@H](O)[C@@H](O)[C@@H]2NC(C)=O)c1. The summed E-state index contributed by atoms with van der Waals surface area (Å²) in [6.07, 6.45) is -4.80. The summed E-state index contributed by atoms with van der Waals surface area (Å²) in [5.41, 5.74) is 0. The Balaban J connectivity index is 2.21. The van der Waals surface area contributed by atoms with Crippen molar-refractivity contribution in [1.29, 1.82) is 0 Å². The molecule has 128 valence electrons. The second-order valence-electron chi connectivity index (χ2n) is 5.23. The summed E-state index contributed by atoms with van der Waals surface area (Å²) in [5.74, 6) is 0.546. The quantitative estimate of drug-likeness (QED) is 0.549. The molecule has 1 aliphatic rings. The molecule has 0 spiro atoms. The van der Waals surface area contributed by atoms with Crippen molar-refractivity contribution in [3.8, 4) is 11.5 Å². The van der Waals surface area contributed by atoms with E-state index in [2.05, 4.69) is 5.32 Å². The summed E-state index contributed by atoms with van der Waals surface area (Å²) in [4.78, 5) is 11.3. The second kappa shape index (κ2) is 7.60. The zero-order valence-corrected chi connectivity index (χ0v) is 12.9. The average Bonchev–Trinajstić information content (AvgIpc) is 2.54. The number of amides is 1. The zero-order valence-electron chi connectivity index (χ0n) is 12.9. The number of hydrogen-bond acceptors (Lipinski definition) is 7. The van der Waals surface area contributed by atoms with E-state index in [1.807, 2.05) is 0 Å². The number of nitrogens with one attached hydrogen (secondary N) is 1. The second-order valence-corrected chi connectivity index (χ2v) is 5.23. The Kier molecular flexibility index (Phi) is 5.78. The summed E-state index contributed by atoms with van der Waals surface area (Å²) in [5, 5.41) is 31.8. The van der Waals surface area contributed by atoms with Gasteiger partial charge in [-0.25, -0.2) is 0 Å². The number of benzene rings is 1. The number of aliphatic hydroxyl groups is 3. The molecule has 0 aromatic heterocycles. The molecule has 1 saturated heterocycles. The van der Waals surface area contributed by atoms with Gasteiger partial charge in [-0.3, -0.25) is 4.79 Å². The van der Waals surface area contributed by atoms with Gasteiger partial charge in [0.15, 0.2) is 0 Å². The largest absolute Gasteiger partial charge is 0.497 e. The number of rotatable bonds is 5. The topological polar surface area (TPSA) is 117 Å². The van der Waals surface area contributed by atoms with Crippen molar-refractivity contribution < 1.29 is 34.3 Å². The molecule has 0 radical (unpaired) electrons. The molecule has 0 unspecified atom stereocenters.